The van der Waals surface area contributed by atoms with Crippen LogP contribution in [-0.2, 0) is 11.3 Å². The van der Waals surface area contributed by atoms with Gasteiger partial charge in [-0.15, -0.1) is 0 Å². The number of fused-ring (bicyclic) bond motifs is 3. The average molecular weight is 271 g/mol. The first kappa shape index (κ1) is 12.4. The van der Waals surface area contributed by atoms with E-state index in [1.54, 1.807) is 24.2 Å². The number of rotatable bonds is 1. The highest BCUT2D eigenvalue weighted by Crippen LogP contribution is 2.36. The molecule has 1 aromatic carbocycles. The lowest BCUT2D eigenvalue weighted by molar-refractivity contribution is -0.114. The SMILES string of the molecule is CC(=O)Nc1cc2c3c(c(O)cc2cn1)C(=O)N(C)C3. The summed E-state index contributed by atoms with van der Waals surface area (Å²) in [4.78, 5) is 28.7. The molecule has 0 spiro atoms. The van der Waals surface area contributed by atoms with Gasteiger partial charge in [0, 0.05) is 32.1 Å². The van der Waals surface area contributed by atoms with Crippen LogP contribution in [0.5, 0.6) is 5.75 Å². The van der Waals surface area contributed by atoms with Crippen molar-refractivity contribution in [3.05, 3.63) is 29.5 Å². The lowest BCUT2D eigenvalue weighted by Gasteiger charge is -2.08. The van der Waals surface area contributed by atoms with Crippen molar-refractivity contribution >= 4 is 28.4 Å². The number of amides is 2. The Hall–Kier alpha value is -2.63. The fraction of sp³-hybridized carbons (Fsp3) is 0.214. The molecule has 1 aromatic heterocycles. The first-order chi connectivity index (χ1) is 9.47. The van der Waals surface area contributed by atoms with E-state index in [1.165, 1.54) is 13.0 Å². The maximum absolute atomic E-state index is 12.0. The van der Waals surface area contributed by atoms with Crippen LogP contribution in [0.25, 0.3) is 10.8 Å². The third-order valence-corrected chi connectivity index (χ3v) is 3.37. The minimum atomic E-state index is -0.208. The molecule has 6 nitrogen and oxygen atoms in total. The maximum Gasteiger partial charge on any atom is 0.258 e. The number of nitrogens with one attached hydrogen (secondary N) is 1. The van der Waals surface area contributed by atoms with E-state index in [0.29, 0.717) is 17.9 Å². The summed E-state index contributed by atoms with van der Waals surface area (Å²) in [6.07, 6.45) is 1.57. The molecule has 0 fully saturated rings. The van der Waals surface area contributed by atoms with Crippen LogP contribution < -0.4 is 5.32 Å². The van der Waals surface area contributed by atoms with Gasteiger partial charge in [0.25, 0.3) is 5.91 Å². The summed E-state index contributed by atoms with van der Waals surface area (Å²) in [7, 11) is 1.68. The van der Waals surface area contributed by atoms with Gasteiger partial charge in [-0.1, -0.05) is 0 Å². The number of phenolic OH excluding ortho intramolecular Hbond substituents is 1. The van der Waals surface area contributed by atoms with E-state index in [4.69, 9.17) is 0 Å². The van der Waals surface area contributed by atoms with Gasteiger partial charge in [0.15, 0.2) is 0 Å². The van der Waals surface area contributed by atoms with Crippen LogP contribution in [0.2, 0.25) is 0 Å². The molecule has 1 aliphatic heterocycles. The van der Waals surface area contributed by atoms with Gasteiger partial charge in [0.2, 0.25) is 5.91 Å². The van der Waals surface area contributed by atoms with Gasteiger partial charge in [-0.05, 0) is 23.1 Å². The number of aromatic hydroxyl groups is 1. The van der Waals surface area contributed by atoms with Crippen molar-refractivity contribution < 1.29 is 14.7 Å². The molecule has 0 saturated carbocycles. The summed E-state index contributed by atoms with van der Waals surface area (Å²) in [5.74, 6) is -0.00595. The summed E-state index contributed by atoms with van der Waals surface area (Å²) in [6.45, 7) is 1.84. The Bertz CT molecular complexity index is 755. The van der Waals surface area contributed by atoms with Gasteiger partial charge in [-0.3, -0.25) is 9.59 Å². The number of carbonyl (C=O) groups excluding carboxylic acids is 2. The van der Waals surface area contributed by atoms with Gasteiger partial charge in [-0.25, -0.2) is 4.98 Å². The molecule has 1 aliphatic rings. The molecule has 20 heavy (non-hydrogen) atoms. The highest BCUT2D eigenvalue weighted by molar-refractivity contribution is 6.07. The zero-order valence-corrected chi connectivity index (χ0v) is 11.1. The highest BCUT2D eigenvalue weighted by atomic mass is 16.3. The molecule has 0 atom stereocenters. The zero-order chi connectivity index (χ0) is 14.4. The normalized spacial score (nSPS) is 13.7. The molecule has 6 heteroatoms. The van der Waals surface area contributed by atoms with E-state index in [0.717, 1.165) is 16.3 Å². The molecule has 2 heterocycles. The van der Waals surface area contributed by atoms with Crippen LogP contribution >= 0.6 is 0 Å². The second-order valence-electron chi connectivity index (χ2n) is 4.88. The Kier molecular flexibility index (Phi) is 2.60. The molecule has 0 unspecified atom stereocenters. The number of nitrogens with zero attached hydrogens (tertiary/aromatic N) is 2. The predicted octanol–water partition coefficient (Wildman–Crippen LogP) is 1.48. The second-order valence-corrected chi connectivity index (χ2v) is 4.88. The van der Waals surface area contributed by atoms with Crippen LogP contribution in [0, 0.1) is 0 Å². The first-order valence-corrected chi connectivity index (χ1v) is 6.15. The predicted molar refractivity (Wildman–Crippen MR) is 73.5 cm³/mol. The van der Waals surface area contributed by atoms with E-state index in [1.807, 2.05) is 0 Å². The summed E-state index contributed by atoms with van der Waals surface area (Å²) in [5.41, 5.74) is 1.10. The van der Waals surface area contributed by atoms with Crippen LogP contribution in [-0.4, -0.2) is 33.9 Å². The van der Waals surface area contributed by atoms with Crippen LogP contribution in [0.4, 0.5) is 5.82 Å². The van der Waals surface area contributed by atoms with Crippen molar-refractivity contribution in [3.63, 3.8) is 0 Å². The Morgan fingerprint density at radius 1 is 1.45 bits per heavy atom. The number of anilines is 1. The molecule has 0 saturated heterocycles. The van der Waals surface area contributed by atoms with Crippen molar-refractivity contribution in [2.75, 3.05) is 12.4 Å². The standard InChI is InChI=1S/C14H13N3O3/c1-7(18)16-12-4-9-8(5-15-12)3-11(19)13-10(9)6-17(2)14(13)20/h3-5,19H,6H2,1-2H3,(H,15,16,18). The van der Waals surface area contributed by atoms with Gasteiger partial charge >= 0.3 is 0 Å². The number of hydrogen-bond acceptors (Lipinski definition) is 4. The smallest absolute Gasteiger partial charge is 0.258 e. The molecule has 3 rings (SSSR count). The van der Waals surface area contributed by atoms with Crippen molar-refractivity contribution in [2.45, 2.75) is 13.5 Å². The van der Waals surface area contributed by atoms with Crippen molar-refractivity contribution in [3.8, 4) is 5.75 Å². The number of phenols is 1. The van der Waals surface area contributed by atoms with E-state index in [-0.39, 0.29) is 17.6 Å². The lowest BCUT2D eigenvalue weighted by atomic mass is 10.0. The van der Waals surface area contributed by atoms with Crippen molar-refractivity contribution in [1.29, 1.82) is 0 Å². The van der Waals surface area contributed by atoms with E-state index < -0.39 is 0 Å². The van der Waals surface area contributed by atoms with E-state index in [9.17, 15) is 14.7 Å². The number of carbonyl (C=O) groups is 2. The second kappa shape index (κ2) is 4.19. The van der Waals surface area contributed by atoms with Crippen LogP contribution in [0.3, 0.4) is 0 Å². The number of hydrogen-bond donors (Lipinski definition) is 2. The van der Waals surface area contributed by atoms with Crippen LogP contribution in [0.15, 0.2) is 18.3 Å². The van der Waals surface area contributed by atoms with Crippen molar-refractivity contribution in [2.24, 2.45) is 0 Å². The molecular weight excluding hydrogens is 258 g/mol. The monoisotopic (exact) mass is 271 g/mol. The van der Waals surface area contributed by atoms with E-state index in [2.05, 4.69) is 10.3 Å². The van der Waals surface area contributed by atoms with Gasteiger partial charge in [-0.2, -0.15) is 0 Å². The maximum atomic E-state index is 12.0. The minimum Gasteiger partial charge on any atom is -0.507 e. The molecule has 0 bridgehead atoms. The zero-order valence-electron chi connectivity index (χ0n) is 11.1. The first-order valence-electron chi connectivity index (χ1n) is 6.15. The molecule has 2 amide bonds. The molecule has 2 N–H and O–H groups in total. The topological polar surface area (TPSA) is 82.5 Å². The fourth-order valence-electron chi connectivity index (χ4n) is 2.50. The summed E-state index contributed by atoms with van der Waals surface area (Å²) < 4.78 is 0. The Morgan fingerprint density at radius 2 is 2.20 bits per heavy atom. The lowest BCUT2D eigenvalue weighted by Crippen LogP contribution is -2.17. The quantitative estimate of drug-likeness (QED) is 0.823. The molecule has 0 aliphatic carbocycles. The summed E-state index contributed by atoms with van der Waals surface area (Å²) in [5, 5.41) is 14.2. The number of aromatic nitrogens is 1. The number of benzene rings is 1. The Morgan fingerprint density at radius 3 is 2.90 bits per heavy atom. The molecule has 102 valence electrons. The molecule has 0 radical (unpaired) electrons. The Balaban J connectivity index is 2.25. The third-order valence-electron chi connectivity index (χ3n) is 3.37. The largest absolute Gasteiger partial charge is 0.507 e. The highest BCUT2D eigenvalue weighted by Gasteiger charge is 2.29. The summed E-state index contributed by atoms with van der Waals surface area (Å²) >= 11 is 0. The third kappa shape index (κ3) is 1.77. The number of pyridine rings is 1. The van der Waals surface area contributed by atoms with Gasteiger partial charge in [0.1, 0.15) is 11.6 Å². The molecule has 2 aromatic rings. The van der Waals surface area contributed by atoms with E-state index >= 15 is 0 Å². The average Bonchev–Trinajstić information content (AvgIpc) is 2.67. The molecular formula is C14H13N3O3. The minimum absolute atomic E-state index is 0.0315. The van der Waals surface area contributed by atoms with Crippen molar-refractivity contribution in [1.82, 2.24) is 9.88 Å². The van der Waals surface area contributed by atoms with Gasteiger partial charge in [0.05, 0.1) is 5.56 Å². The van der Waals surface area contributed by atoms with Crippen LogP contribution in [0.1, 0.15) is 22.8 Å². The fourth-order valence-corrected chi connectivity index (χ4v) is 2.50. The van der Waals surface area contributed by atoms with Gasteiger partial charge < -0.3 is 15.3 Å². The summed E-state index contributed by atoms with van der Waals surface area (Å²) in [6, 6.07) is 3.25. The Labute approximate surface area is 115 Å².